The molecule has 0 saturated carbocycles. The molecule has 2 aromatic rings. The minimum atomic E-state index is -4.03. The van der Waals surface area contributed by atoms with E-state index in [4.69, 9.17) is 0 Å². The van der Waals surface area contributed by atoms with E-state index in [0.717, 1.165) is 15.4 Å². The fourth-order valence-corrected chi connectivity index (χ4v) is 4.59. The summed E-state index contributed by atoms with van der Waals surface area (Å²) in [7, 11) is -4.03. The van der Waals surface area contributed by atoms with Gasteiger partial charge in [-0.2, -0.15) is 0 Å². The number of amides is 3. The first kappa shape index (κ1) is 20.9. The molecule has 8 heteroatoms. The van der Waals surface area contributed by atoms with Crippen LogP contribution < -0.4 is 0 Å². The van der Waals surface area contributed by atoms with Gasteiger partial charge in [0.05, 0.1) is 11.4 Å². The standard InChI is InChI=1S/C21H25N3O4S/c1-17-8-10-20(11-9-17)29(27,28)24(16-19-6-4-3-5-7-19)21(26)23-14-12-22(13-15-23)18(2)25/h3-11H,12-16H2,1-2H3. The van der Waals surface area contributed by atoms with E-state index in [-0.39, 0.29) is 17.3 Å². The number of nitrogens with zero attached hydrogens (tertiary/aromatic N) is 3. The molecular formula is C21H25N3O4S. The van der Waals surface area contributed by atoms with Gasteiger partial charge in [0.25, 0.3) is 10.0 Å². The zero-order valence-corrected chi connectivity index (χ0v) is 17.4. The van der Waals surface area contributed by atoms with Crippen LogP contribution in [0.4, 0.5) is 4.79 Å². The van der Waals surface area contributed by atoms with Crippen molar-refractivity contribution in [1.29, 1.82) is 0 Å². The van der Waals surface area contributed by atoms with Crippen LogP contribution in [0, 0.1) is 6.92 Å². The molecule has 0 bridgehead atoms. The third-order valence-corrected chi connectivity index (χ3v) is 6.72. The van der Waals surface area contributed by atoms with Gasteiger partial charge in [-0.25, -0.2) is 17.5 Å². The second-order valence-electron chi connectivity index (χ2n) is 7.09. The SMILES string of the molecule is CC(=O)N1CCN(C(=O)N(Cc2ccccc2)S(=O)(=O)c2ccc(C)cc2)CC1. The van der Waals surface area contributed by atoms with Gasteiger partial charge >= 0.3 is 6.03 Å². The topological polar surface area (TPSA) is 78.0 Å². The van der Waals surface area contributed by atoms with Crippen LogP contribution in [0.5, 0.6) is 0 Å². The quantitative estimate of drug-likeness (QED) is 0.769. The van der Waals surface area contributed by atoms with E-state index >= 15 is 0 Å². The van der Waals surface area contributed by atoms with Crippen molar-refractivity contribution in [3.8, 4) is 0 Å². The Morgan fingerprint density at radius 2 is 1.45 bits per heavy atom. The third kappa shape index (κ3) is 4.76. The molecule has 0 spiro atoms. The number of urea groups is 1. The predicted octanol–water partition coefficient (Wildman–Crippen LogP) is 2.47. The number of hydrogen-bond donors (Lipinski definition) is 0. The molecule has 0 N–H and O–H groups in total. The lowest BCUT2D eigenvalue weighted by atomic mass is 10.2. The molecule has 154 valence electrons. The molecule has 2 aromatic carbocycles. The Hall–Kier alpha value is -2.87. The molecule has 1 heterocycles. The maximum atomic E-state index is 13.3. The van der Waals surface area contributed by atoms with Crippen LogP contribution in [0.1, 0.15) is 18.1 Å². The molecule has 1 fully saturated rings. The van der Waals surface area contributed by atoms with E-state index < -0.39 is 16.1 Å². The van der Waals surface area contributed by atoms with Crippen LogP contribution in [0.25, 0.3) is 0 Å². The fourth-order valence-electron chi connectivity index (χ4n) is 3.21. The molecular weight excluding hydrogens is 390 g/mol. The van der Waals surface area contributed by atoms with E-state index in [0.29, 0.717) is 26.2 Å². The highest BCUT2D eigenvalue weighted by atomic mass is 32.2. The minimum Gasteiger partial charge on any atom is -0.339 e. The average molecular weight is 416 g/mol. The number of sulfonamides is 1. The highest BCUT2D eigenvalue weighted by Crippen LogP contribution is 2.21. The molecule has 1 saturated heterocycles. The zero-order valence-electron chi connectivity index (χ0n) is 16.6. The van der Waals surface area contributed by atoms with Crippen molar-refractivity contribution in [2.45, 2.75) is 25.3 Å². The van der Waals surface area contributed by atoms with E-state index in [1.165, 1.54) is 24.0 Å². The van der Waals surface area contributed by atoms with Gasteiger partial charge < -0.3 is 9.80 Å². The molecule has 3 amide bonds. The second kappa shape index (κ2) is 8.65. The summed E-state index contributed by atoms with van der Waals surface area (Å²) in [6.45, 7) is 4.69. The summed E-state index contributed by atoms with van der Waals surface area (Å²) >= 11 is 0. The lowest BCUT2D eigenvalue weighted by molar-refractivity contribution is -0.130. The molecule has 0 aliphatic carbocycles. The molecule has 3 rings (SSSR count). The Bertz CT molecular complexity index is 967. The molecule has 0 unspecified atom stereocenters. The van der Waals surface area contributed by atoms with Crippen LogP contribution in [0.3, 0.4) is 0 Å². The molecule has 1 aliphatic heterocycles. The minimum absolute atomic E-state index is 0.0504. The summed E-state index contributed by atoms with van der Waals surface area (Å²) in [6.07, 6.45) is 0. The summed E-state index contributed by atoms with van der Waals surface area (Å²) in [5, 5.41) is 0. The van der Waals surface area contributed by atoms with Crippen molar-refractivity contribution in [2.75, 3.05) is 26.2 Å². The van der Waals surface area contributed by atoms with Gasteiger partial charge in [0.2, 0.25) is 5.91 Å². The average Bonchev–Trinajstić information content (AvgIpc) is 2.72. The van der Waals surface area contributed by atoms with Gasteiger partial charge in [-0.05, 0) is 24.6 Å². The maximum absolute atomic E-state index is 13.3. The van der Waals surface area contributed by atoms with Crippen LogP contribution >= 0.6 is 0 Å². The first-order chi connectivity index (χ1) is 13.8. The molecule has 29 heavy (non-hydrogen) atoms. The monoisotopic (exact) mass is 415 g/mol. The van der Waals surface area contributed by atoms with Gasteiger partial charge in [0, 0.05) is 33.1 Å². The second-order valence-corrected chi connectivity index (χ2v) is 8.95. The van der Waals surface area contributed by atoms with E-state index in [1.54, 1.807) is 29.2 Å². The van der Waals surface area contributed by atoms with Gasteiger partial charge in [0.1, 0.15) is 0 Å². The summed E-state index contributed by atoms with van der Waals surface area (Å²) in [5.74, 6) is -0.0504. The zero-order chi connectivity index (χ0) is 21.0. The van der Waals surface area contributed by atoms with Crippen molar-refractivity contribution in [3.05, 3.63) is 65.7 Å². The van der Waals surface area contributed by atoms with Crippen LogP contribution in [0.2, 0.25) is 0 Å². The maximum Gasteiger partial charge on any atom is 0.334 e. The van der Waals surface area contributed by atoms with Crippen molar-refractivity contribution >= 4 is 22.0 Å². The Balaban J connectivity index is 1.90. The normalized spacial score (nSPS) is 14.6. The number of rotatable bonds is 4. The lowest BCUT2D eigenvalue weighted by Gasteiger charge is -2.36. The Morgan fingerprint density at radius 1 is 0.897 bits per heavy atom. The van der Waals surface area contributed by atoms with Gasteiger partial charge in [-0.3, -0.25) is 4.79 Å². The number of benzene rings is 2. The van der Waals surface area contributed by atoms with Crippen molar-refractivity contribution in [3.63, 3.8) is 0 Å². The highest BCUT2D eigenvalue weighted by Gasteiger charge is 2.34. The van der Waals surface area contributed by atoms with E-state index in [9.17, 15) is 18.0 Å². The summed E-state index contributed by atoms with van der Waals surface area (Å²) in [4.78, 5) is 28.0. The summed E-state index contributed by atoms with van der Waals surface area (Å²) in [6, 6.07) is 14.9. The number of hydrogen-bond acceptors (Lipinski definition) is 4. The summed E-state index contributed by atoms with van der Waals surface area (Å²) in [5.41, 5.74) is 1.66. The molecule has 0 atom stereocenters. The Labute approximate surface area is 171 Å². The molecule has 0 radical (unpaired) electrons. The number of carbonyl (C=O) groups is 2. The van der Waals surface area contributed by atoms with Crippen molar-refractivity contribution in [1.82, 2.24) is 14.1 Å². The number of carbonyl (C=O) groups excluding carboxylic acids is 2. The van der Waals surface area contributed by atoms with Crippen molar-refractivity contribution in [2.24, 2.45) is 0 Å². The first-order valence-electron chi connectivity index (χ1n) is 9.47. The predicted molar refractivity (Wildman–Crippen MR) is 110 cm³/mol. The molecule has 7 nitrogen and oxygen atoms in total. The molecule has 1 aliphatic rings. The third-order valence-electron chi connectivity index (χ3n) is 4.99. The largest absolute Gasteiger partial charge is 0.339 e. The molecule has 0 aromatic heterocycles. The van der Waals surface area contributed by atoms with Crippen LogP contribution in [-0.4, -0.2) is 60.6 Å². The van der Waals surface area contributed by atoms with Gasteiger partial charge in [0.15, 0.2) is 0 Å². The van der Waals surface area contributed by atoms with Gasteiger partial charge in [-0.1, -0.05) is 48.0 Å². The van der Waals surface area contributed by atoms with Gasteiger partial charge in [-0.15, -0.1) is 0 Å². The van der Waals surface area contributed by atoms with E-state index in [1.807, 2.05) is 25.1 Å². The van der Waals surface area contributed by atoms with E-state index in [2.05, 4.69) is 0 Å². The number of piperazine rings is 1. The van der Waals surface area contributed by atoms with Crippen LogP contribution in [0.15, 0.2) is 59.5 Å². The lowest BCUT2D eigenvalue weighted by Crippen LogP contribution is -2.54. The van der Waals surface area contributed by atoms with Crippen LogP contribution in [-0.2, 0) is 21.4 Å². The Morgan fingerprint density at radius 3 is 2.00 bits per heavy atom. The van der Waals surface area contributed by atoms with Crippen molar-refractivity contribution < 1.29 is 18.0 Å². The fraction of sp³-hybridized carbons (Fsp3) is 0.333. The Kier molecular flexibility index (Phi) is 6.22. The summed E-state index contributed by atoms with van der Waals surface area (Å²) < 4.78 is 27.6. The highest BCUT2D eigenvalue weighted by molar-refractivity contribution is 7.89. The number of aryl methyl sites for hydroxylation is 1. The smallest absolute Gasteiger partial charge is 0.334 e. The first-order valence-corrected chi connectivity index (χ1v) is 10.9.